The van der Waals surface area contributed by atoms with E-state index in [1.54, 1.807) is 0 Å². The van der Waals surface area contributed by atoms with E-state index < -0.39 is 0 Å². The molecule has 0 aliphatic rings. The summed E-state index contributed by atoms with van der Waals surface area (Å²) in [5.74, 6) is 5.52. The van der Waals surface area contributed by atoms with Crippen molar-refractivity contribution < 1.29 is 0 Å². The van der Waals surface area contributed by atoms with Gasteiger partial charge in [0.05, 0.1) is 13.1 Å². The molecule has 0 fully saturated rings. The Morgan fingerprint density at radius 3 is 1.33 bits per heavy atom. The van der Waals surface area contributed by atoms with Crippen LogP contribution in [-0.2, 0) is 13.1 Å². The summed E-state index contributed by atoms with van der Waals surface area (Å²) < 4.78 is 0. The van der Waals surface area contributed by atoms with E-state index in [0.717, 1.165) is 26.2 Å². The molecule has 0 aliphatic carbocycles. The van der Waals surface area contributed by atoms with Crippen molar-refractivity contribution in [2.75, 3.05) is 26.2 Å². The summed E-state index contributed by atoms with van der Waals surface area (Å²) in [5, 5.41) is 0. The van der Waals surface area contributed by atoms with E-state index in [4.69, 9.17) is 12.8 Å². The summed E-state index contributed by atoms with van der Waals surface area (Å²) in [5.41, 5.74) is 2.55. The van der Waals surface area contributed by atoms with Crippen molar-refractivity contribution in [3.63, 3.8) is 0 Å². The fourth-order valence-electron chi connectivity index (χ4n) is 2.65. The number of benzene rings is 2. The van der Waals surface area contributed by atoms with Gasteiger partial charge in [0.1, 0.15) is 0 Å². The van der Waals surface area contributed by atoms with Crippen LogP contribution in [0.25, 0.3) is 0 Å². The van der Waals surface area contributed by atoms with Crippen LogP contribution >= 0.6 is 0 Å². The third-order valence-corrected chi connectivity index (χ3v) is 3.86. The van der Waals surface area contributed by atoms with Crippen LogP contribution in [0.1, 0.15) is 11.1 Å². The third-order valence-electron chi connectivity index (χ3n) is 3.86. The number of hydrogen-bond donors (Lipinski definition) is 0. The lowest BCUT2D eigenvalue weighted by Crippen LogP contribution is -2.35. The van der Waals surface area contributed by atoms with Gasteiger partial charge >= 0.3 is 0 Å². The first-order valence-corrected chi connectivity index (χ1v) is 8.21. The summed E-state index contributed by atoms with van der Waals surface area (Å²) in [6, 6.07) is 20.8. The Hall–Kier alpha value is -2.52. The van der Waals surface area contributed by atoms with Gasteiger partial charge in [0.25, 0.3) is 0 Å². The highest BCUT2D eigenvalue weighted by molar-refractivity contribution is 5.15. The highest BCUT2D eigenvalue weighted by Gasteiger charge is 2.09. The van der Waals surface area contributed by atoms with Crippen LogP contribution in [-0.4, -0.2) is 36.0 Å². The molecule has 0 aromatic heterocycles. The second-order valence-electron chi connectivity index (χ2n) is 5.80. The Balaban J connectivity index is 1.92. The van der Waals surface area contributed by atoms with E-state index in [1.807, 2.05) is 12.1 Å². The minimum atomic E-state index is 0.643. The zero-order chi connectivity index (χ0) is 17.0. The fraction of sp³-hybridized carbons (Fsp3) is 0.273. The first-order chi connectivity index (χ1) is 11.8. The summed E-state index contributed by atoms with van der Waals surface area (Å²) in [6.07, 6.45) is 11.1. The molecule has 0 atom stereocenters. The Kier molecular flexibility index (Phi) is 7.64. The molecular weight excluding hydrogens is 292 g/mol. The van der Waals surface area contributed by atoms with Crippen LogP contribution in [0, 0.1) is 24.7 Å². The van der Waals surface area contributed by atoms with Crippen molar-refractivity contribution in [3.8, 4) is 24.7 Å². The molecule has 2 heteroatoms. The van der Waals surface area contributed by atoms with Crippen LogP contribution in [0.3, 0.4) is 0 Å². The van der Waals surface area contributed by atoms with Crippen LogP contribution in [0.4, 0.5) is 0 Å². The van der Waals surface area contributed by atoms with E-state index in [0.29, 0.717) is 13.1 Å². The highest BCUT2D eigenvalue weighted by Crippen LogP contribution is 2.07. The van der Waals surface area contributed by atoms with Gasteiger partial charge in [-0.05, 0) is 11.1 Å². The number of terminal acetylenes is 2. The smallest absolute Gasteiger partial charge is 0.0602 e. The molecule has 122 valence electrons. The SMILES string of the molecule is C#CCN(CCN(CC#C)Cc1ccccc1)Cc1ccccc1. The molecular formula is C22H24N2. The molecule has 0 heterocycles. The predicted molar refractivity (Wildman–Crippen MR) is 101 cm³/mol. The Morgan fingerprint density at radius 1 is 0.625 bits per heavy atom. The zero-order valence-electron chi connectivity index (χ0n) is 14.1. The number of nitrogens with zero attached hydrogens (tertiary/aromatic N) is 2. The largest absolute Gasteiger partial charge is 0.287 e. The van der Waals surface area contributed by atoms with Crippen molar-refractivity contribution in [2.45, 2.75) is 13.1 Å². The Bertz CT molecular complexity index is 603. The van der Waals surface area contributed by atoms with Crippen LogP contribution in [0.5, 0.6) is 0 Å². The van der Waals surface area contributed by atoms with E-state index in [-0.39, 0.29) is 0 Å². The average molecular weight is 316 g/mol. The minimum absolute atomic E-state index is 0.643. The molecule has 0 radical (unpaired) electrons. The molecule has 24 heavy (non-hydrogen) atoms. The summed E-state index contributed by atoms with van der Waals surface area (Å²) in [4.78, 5) is 4.56. The first-order valence-electron chi connectivity index (χ1n) is 8.21. The quantitative estimate of drug-likeness (QED) is 0.655. The van der Waals surface area contributed by atoms with Gasteiger partial charge in [-0.3, -0.25) is 9.80 Å². The summed E-state index contributed by atoms with van der Waals surface area (Å²) in [6.45, 7) is 4.80. The van der Waals surface area contributed by atoms with Gasteiger partial charge in [0.2, 0.25) is 0 Å². The maximum atomic E-state index is 5.53. The molecule has 2 rings (SSSR count). The number of rotatable bonds is 9. The monoisotopic (exact) mass is 316 g/mol. The molecule has 0 saturated carbocycles. The molecule has 0 unspecified atom stereocenters. The van der Waals surface area contributed by atoms with Crippen LogP contribution < -0.4 is 0 Å². The maximum Gasteiger partial charge on any atom is 0.0602 e. The topological polar surface area (TPSA) is 6.48 Å². The van der Waals surface area contributed by atoms with Crippen molar-refractivity contribution >= 4 is 0 Å². The van der Waals surface area contributed by atoms with Gasteiger partial charge in [-0.25, -0.2) is 0 Å². The normalized spacial score (nSPS) is 10.5. The van der Waals surface area contributed by atoms with E-state index >= 15 is 0 Å². The number of hydrogen-bond acceptors (Lipinski definition) is 2. The van der Waals surface area contributed by atoms with Crippen LogP contribution in [0.2, 0.25) is 0 Å². The van der Waals surface area contributed by atoms with E-state index in [1.165, 1.54) is 11.1 Å². The molecule has 0 bridgehead atoms. The lowest BCUT2D eigenvalue weighted by atomic mass is 10.2. The van der Waals surface area contributed by atoms with Crippen molar-refractivity contribution in [1.82, 2.24) is 9.80 Å². The summed E-state index contributed by atoms with van der Waals surface area (Å²) >= 11 is 0. The van der Waals surface area contributed by atoms with Gasteiger partial charge < -0.3 is 0 Å². The average Bonchev–Trinajstić information content (AvgIpc) is 2.62. The molecule has 0 spiro atoms. The van der Waals surface area contributed by atoms with Crippen molar-refractivity contribution in [3.05, 3.63) is 71.8 Å². The second kappa shape index (κ2) is 10.3. The lowest BCUT2D eigenvalue weighted by molar-refractivity contribution is 0.221. The molecule has 2 nitrogen and oxygen atoms in total. The van der Waals surface area contributed by atoms with Crippen molar-refractivity contribution in [2.24, 2.45) is 0 Å². The Labute approximate surface area is 146 Å². The third kappa shape index (κ3) is 6.31. The second-order valence-corrected chi connectivity index (χ2v) is 5.80. The van der Waals surface area contributed by atoms with Gasteiger partial charge in [0.15, 0.2) is 0 Å². The molecule has 0 aliphatic heterocycles. The fourth-order valence-corrected chi connectivity index (χ4v) is 2.65. The summed E-state index contributed by atoms with van der Waals surface area (Å²) in [7, 11) is 0. The van der Waals surface area contributed by atoms with Crippen molar-refractivity contribution in [1.29, 1.82) is 0 Å². The maximum absolute atomic E-state index is 5.53. The molecule has 2 aromatic rings. The van der Waals surface area contributed by atoms with Gasteiger partial charge in [-0.15, -0.1) is 12.8 Å². The predicted octanol–water partition coefficient (Wildman–Crippen LogP) is 3.26. The molecule has 0 amide bonds. The van der Waals surface area contributed by atoms with E-state index in [9.17, 15) is 0 Å². The standard InChI is InChI=1S/C22H24N2/c1-3-15-23(19-21-11-7-5-8-12-21)17-18-24(16-4-2)20-22-13-9-6-10-14-22/h1-2,5-14H,15-20H2. The van der Waals surface area contributed by atoms with Gasteiger partial charge in [-0.2, -0.15) is 0 Å². The van der Waals surface area contributed by atoms with Gasteiger partial charge in [0, 0.05) is 26.2 Å². The first kappa shape index (κ1) is 17.8. The highest BCUT2D eigenvalue weighted by atomic mass is 15.2. The minimum Gasteiger partial charge on any atom is -0.287 e. The van der Waals surface area contributed by atoms with E-state index in [2.05, 4.69) is 70.2 Å². The van der Waals surface area contributed by atoms with Gasteiger partial charge in [-0.1, -0.05) is 72.5 Å². The Morgan fingerprint density at radius 2 is 1.00 bits per heavy atom. The zero-order valence-corrected chi connectivity index (χ0v) is 14.1. The lowest BCUT2D eigenvalue weighted by Gasteiger charge is -2.25. The van der Waals surface area contributed by atoms with Crippen LogP contribution in [0.15, 0.2) is 60.7 Å². The molecule has 0 saturated heterocycles. The molecule has 2 aromatic carbocycles. The molecule has 0 N–H and O–H groups in total.